The Hall–Kier alpha value is -2.38. The summed E-state index contributed by atoms with van der Waals surface area (Å²) in [5.41, 5.74) is -0.735. The number of rotatable bonds is 34. The molecule has 0 saturated heterocycles. The van der Waals surface area contributed by atoms with Gasteiger partial charge >= 0.3 is 23.9 Å². The van der Waals surface area contributed by atoms with Crippen LogP contribution in [0.1, 0.15) is 240 Å². The minimum Gasteiger partial charge on any atom is -0.247 e. The second-order valence-electron chi connectivity index (χ2n) is 16.4. The lowest BCUT2D eigenvalue weighted by Gasteiger charge is -2.38. The summed E-state index contributed by atoms with van der Waals surface area (Å²) in [5.74, 6) is -1.54. The van der Waals surface area contributed by atoms with Crippen molar-refractivity contribution >= 4 is 23.9 Å². The summed E-state index contributed by atoms with van der Waals surface area (Å²) in [4.78, 5) is 69.6. The lowest BCUT2D eigenvalue weighted by molar-refractivity contribution is -0.268. The molecule has 0 fully saturated rings. The fraction of sp³-hybridized carbons (Fsp3) is 0.870. The zero-order chi connectivity index (χ0) is 39.5. The van der Waals surface area contributed by atoms with Crippen LogP contribution in [-0.4, -0.2) is 23.9 Å². The van der Waals surface area contributed by atoms with Gasteiger partial charge in [0.1, 0.15) is 0 Å². The molecule has 54 heavy (non-hydrogen) atoms. The smallest absolute Gasteiger partial charge is 0.247 e. The van der Waals surface area contributed by atoms with Crippen LogP contribution in [0.15, 0.2) is 12.2 Å². The molecular formula is C46H82O8. The molecule has 8 nitrogen and oxygen atoms in total. The van der Waals surface area contributed by atoms with E-state index in [9.17, 15) is 19.2 Å². The van der Waals surface area contributed by atoms with Crippen molar-refractivity contribution in [3.63, 3.8) is 0 Å². The summed E-state index contributed by atoms with van der Waals surface area (Å²) >= 11 is 0. The van der Waals surface area contributed by atoms with E-state index >= 15 is 0 Å². The van der Waals surface area contributed by atoms with Gasteiger partial charge in [0, 0.05) is 0 Å². The summed E-state index contributed by atoms with van der Waals surface area (Å²) in [6.45, 7) is 8.63. The summed E-state index contributed by atoms with van der Waals surface area (Å²) in [5, 5.41) is 0. The Bertz CT molecular complexity index is 993. The van der Waals surface area contributed by atoms with Crippen LogP contribution >= 0.6 is 0 Å². The monoisotopic (exact) mass is 763 g/mol. The maximum atomic E-state index is 13.5. The van der Waals surface area contributed by atoms with Crippen molar-refractivity contribution < 1.29 is 38.7 Å². The fourth-order valence-corrected chi connectivity index (χ4v) is 7.67. The quantitative estimate of drug-likeness (QED) is 0.0276. The van der Waals surface area contributed by atoms with Crippen molar-refractivity contribution in [2.75, 3.05) is 0 Å². The molecule has 0 aromatic rings. The maximum absolute atomic E-state index is 13.5. The van der Waals surface area contributed by atoms with E-state index in [1.807, 2.05) is 6.92 Å². The van der Waals surface area contributed by atoms with Gasteiger partial charge in [0.15, 0.2) is 0 Å². The Kier molecular flexibility index (Phi) is 31.2. The molecule has 3 atom stereocenters. The molecule has 0 bridgehead atoms. The molecule has 0 aromatic heterocycles. The van der Waals surface area contributed by atoms with Gasteiger partial charge in [0.05, 0.1) is 24.7 Å². The van der Waals surface area contributed by atoms with Crippen LogP contribution in [-0.2, 0) is 38.7 Å². The molecular weight excluding hydrogens is 680 g/mol. The summed E-state index contributed by atoms with van der Waals surface area (Å²) in [6, 6.07) is 0. The first-order valence-electron chi connectivity index (χ1n) is 22.8. The number of hydrogen-bond donors (Lipinski definition) is 0. The third-order valence-corrected chi connectivity index (χ3v) is 11.3. The van der Waals surface area contributed by atoms with Crippen molar-refractivity contribution in [1.29, 1.82) is 0 Å². The number of unbranched alkanes of at least 4 members (excludes halogenated alkanes) is 23. The number of allylic oxidation sites excluding steroid dienone is 2. The van der Waals surface area contributed by atoms with E-state index in [4.69, 9.17) is 19.6 Å². The summed E-state index contributed by atoms with van der Waals surface area (Å²) < 4.78 is 0. The fourth-order valence-electron chi connectivity index (χ4n) is 7.67. The summed E-state index contributed by atoms with van der Waals surface area (Å²) in [6.07, 6.45) is 38.1. The maximum Gasteiger partial charge on any atom is 0.361 e. The van der Waals surface area contributed by atoms with E-state index in [0.717, 1.165) is 96.3 Å². The van der Waals surface area contributed by atoms with Crippen LogP contribution in [0.2, 0.25) is 0 Å². The van der Waals surface area contributed by atoms with E-state index in [2.05, 4.69) is 32.9 Å². The highest BCUT2D eigenvalue weighted by molar-refractivity contribution is 5.78. The highest BCUT2D eigenvalue weighted by Crippen LogP contribution is 2.45. The van der Waals surface area contributed by atoms with Crippen LogP contribution in [0.4, 0.5) is 0 Å². The standard InChI is InChI=1S/C46H82O8/c1-5-8-11-14-16-18-20-24-29-34-42(47)51-52-43(48)35-31-26-22-23-27-32-40-37-38-41(33-28-13-10-7-3)46(4,39-40)45(50)54-53-44(49)36-30-25-21-19-17-15-12-9-6-2/h37-38,40-41H,5-36,39H2,1-4H3. The Morgan fingerprint density at radius 3 is 1.20 bits per heavy atom. The zero-order valence-electron chi connectivity index (χ0n) is 35.4. The highest BCUT2D eigenvalue weighted by atomic mass is 17.2. The largest absolute Gasteiger partial charge is 0.361 e. The van der Waals surface area contributed by atoms with Crippen LogP contribution in [0.25, 0.3) is 0 Å². The van der Waals surface area contributed by atoms with Crippen molar-refractivity contribution in [2.45, 2.75) is 240 Å². The zero-order valence-corrected chi connectivity index (χ0v) is 35.4. The number of carbonyl (C=O) groups excluding carboxylic acids is 4. The first-order chi connectivity index (χ1) is 26.3. The summed E-state index contributed by atoms with van der Waals surface area (Å²) in [7, 11) is 0. The van der Waals surface area contributed by atoms with E-state index < -0.39 is 29.3 Å². The first kappa shape index (κ1) is 49.6. The Labute approximate surface area is 330 Å². The van der Waals surface area contributed by atoms with Gasteiger partial charge in [-0.05, 0) is 57.3 Å². The topological polar surface area (TPSA) is 105 Å². The molecule has 1 aliphatic rings. The molecule has 0 N–H and O–H groups in total. The van der Waals surface area contributed by atoms with Gasteiger partial charge in [-0.25, -0.2) is 38.7 Å². The molecule has 0 aliphatic heterocycles. The Morgan fingerprint density at radius 2 is 0.778 bits per heavy atom. The van der Waals surface area contributed by atoms with Gasteiger partial charge in [0.25, 0.3) is 0 Å². The van der Waals surface area contributed by atoms with Crippen LogP contribution in [0.3, 0.4) is 0 Å². The van der Waals surface area contributed by atoms with E-state index in [0.29, 0.717) is 12.8 Å². The lowest BCUT2D eigenvalue weighted by Crippen LogP contribution is -2.40. The number of hydrogen-bond acceptors (Lipinski definition) is 8. The molecule has 0 aromatic carbocycles. The molecule has 8 heteroatoms. The molecule has 0 saturated carbocycles. The third-order valence-electron chi connectivity index (χ3n) is 11.3. The molecule has 0 heterocycles. The molecule has 0 amide bonds. The average Bonchev–Trinajstić information content (AvgIpc) is 3.16. The van der Waals surface area contributed by atoms with E-state index in [1.165, 1.54) is 83.5 Å². The van der Waals surface area contributed by atoms with Gasteiger partial charge in [-0.15, -0.1) is 0 Å². The molecule has 1 rings (SSSR count). The van der Waals surface area contributed by atoms with Gasteiger partial charge in [-0.2, -0.15) is 0 Å². The number of carbonyl (C=O) groups is 4. The lowest BCUT2D eigenvalue weighted by atomic mass is 9.65. The highest BCUT2D eigenvalue weighted by Gasteiger charge is 2.45. The minimum absolute atomic E-state index is 0.0584. The molecule has 1 aliphatic carbocycles. The van der Waals surface area contributed by atoms with Crippen molar-refractivity contribution in [1.82, 2.24) is 0 Å². The van der Waals surface area contributed by atoms with Gasteiger partial charge in [-0.3, -0.25) is 0 Å². The first-order valence-corrected chi connectivity index (χ1v) is 22.8. The third kappa shape index (κ3) is 25.7. The van der Waals surface area contributed by atoms with Crippen LogP contribution < -0.4 is 0 Å². The predicted molar refractivity (Wildman–Crippen MR) is 218 cm³/mol. The van der Waals surface area contributed by atoms with Crippen molar-refractivity contribution in [3.8, 4) is 0 Å². The Morgan fingerprint density at radius 1 is 0.444 bits per heavy atom. The molecule has 314 valence electrons. The van der Waals surface area contributed by atoms with Gasteiger partial charge < -0.3 is 0 Å². The molecule has 3 unspecified atom stereocenters. The SMILES string of the molecule is CCCCCCCCCCCC(=O)OOC(=O)CCCCCCCC1C=CC(CCCCCC)C(C)(C(=O)OOC(=O)CCCCCCCCCCC)C1. The Balaban J connectivity index is 2.31. The second kappa shape index (κ2) is 33.9. The average molecular weight is 763 g/mol. The molecule has 0 spiro atoms. The van der Waals surface area contributed by atoms with Crippen LogP contribution in [0, 0.1) is 17.3 Å². The van der Waals surface area contributed by atoms with E-state index in [-0.39, 0.29) is 31.1 Å². The van der Waals surface area contributed by atoms with Gasteiger partial charge in [-0.1, -0.05) is 187 Å². The second-order valence-corrected chi connectivity index (χ2v) is 16.4. The van der Waals surface area contributed by atoms with Crippen molar-refractivity contribution in [3.05, 3.63) is 12.2 Å². The van der Waals surface area contributed by atoms with Crippen LogP contribution in [0.5, 0.6) is 0 Å². The predicted octanol–water partition coefficient (Wildman–Crippen LogP) is 13.7. The van der Waals surface area contributed by atoms with E-state index in [1.54, 1.807) is 0 Å². The molecule has 0 radical (unpaired) electrons. The van der Waals surface area contributed by atoms with Gasteiger partial charge in [0.2, 0.25) is 0 Å². The normalized spacial score (nSPS) is 18.0. The van der Waals surface area contributed by atoms with Crippen molar-refractivity contribution in [2.24, 2.45) is 17.3 Å². The minimum atomic E-state index is -0.735.